The van der Waals surface area contributed by atoms with Crippen molar-refractivity contribution in [2.24, 2.45) is 0 Å². The van der Waals surface area contributed by atoms with Crippen LogP contribution in [-0.4, -0.2) is 29.3 Å². The zero-order valence-corrected chi connectivity index (χ0v) is 14.4. The molecule has 0 heterocycles. The van der Waals surface area contributed by atoms with Crippen LogP contribution in [-0.2, 0) is 0 Å². The Morgan fingerprint density at radius 1 is 0.923 bits per heavy atom. The Labute approximate surface area is 152 Å². The van der Waals surface area contributed by atoms with Crippen molar-refractivity contribution in [1.29, 1.82) is 0 Å². The summed E-state index contributed by atoms with van der Waals surface area (Å²) in [5, 5.41) is 14.7. The number of carbonyl (C=O) groups excluding carboxylic acids is 1. The molecule has 0 aliphatic heterocycles. The van der Waals surface area contributed by atoms with Gasteiger partial charge in [0.1, 0.15) is 5.75 Å². The van der Waals surface area contributed by atoms with Gasteiger partial charge >= 0.3 is 12.0 Å². The molecule has 0 atom stereocenters. The van der Waals surface area contributed by atoms with Crippen LogP contribution in [0.15, 0.2) is 54.6 Å². The number of rotatable bonds is 5. The minimum absolute atomic E-state index is 0.0842. The lowest BCUT2D eigenvalue weighted by molar-refractivity contribution is 0.0696. The Balaban J connectivity index is 1.42. The zero-order valence-electron chi connectivity index (χ0n) is 14.4. The summed E-state index contributed by atoms with van der Waals surface area (Å²) in [6.45, 7) is 0. The number of aromatic carboxylic acids is 1. The topological polar surface area (TPSA) is 87.7 Å². The lowest BCUT2D eigenvalue weighted by Gasteiger charge is -2.29. The smallest absolute Gasteiger partial charge is 0.335 e. The lowest BCUT2D eigenvalue weighted by atomic mass is 9.93. The van der Waals surface area contributed by atoms with Crippen LogP contribution in [0.3, 0.4) is 0 Å². The molecule has 26 heavy (non-hydrogen) atoms. The van der Waals surface area contributed by atoms with E-state index in [-0.39, 0.29) is 23.7 Å². The number of amides is 2. The Kier molecular flexibility index (Phi) is 5.73. The number of ether oxygens (including phenoxy) is 1. The van der Waals surface area contributed by atoms with Crippen molar-refractivity contribution >= 4 is 17.7 Å². The highest BCUT2D eigenvalue weighted by Gasteiger charge is 2.23. The van der Waals surface area contributed by atoms with Crippen LogP contribution >= 0.6 is 0 Å². The first-order valence-corrected chi connectivity index (χ1v) is 8.73. The monoisotopic (exact) mass is 354 g/mol. The van der Waals surface area contributed by atoms with Crippen LogP contribution in [0.25, 0.3) is 0 Å². The van der Waals surface area contributed by atoms with Gasteiger partial charge in [-0.2, -0.15) is 0 Å². The highest BCUT2D eigenvalue weighted by molar-refractivity contribution is 5.89. The van der Waals surface area contributed by atoms with Gasteiger partial charge in [0, 0.05) is 11.7 Å². The van der Waals surface area contributed by atoms with E-state index in [0.29, 0.717) is 5.75 Å². The van der Waals surface area contributed by atoms with Gasteiger partial charge in [-0.05, 0) is 62.1 Å². The third-order valence-corrected chi connectivity index (χ3v) is 4.45. The summed E-state index contributed by atoms with van der Waals surface area (Å²) in [7, 11) is 0. The molecule has 2 aromatic rings. The number of hydrogen-bond acceptors (Lipinski definition) is 3. The molecule has 0 spiro atoms. The quantitative estimate of drug-likeness (QED) is 0.760. The molecule has 0 aromatic heterocycles. The van der Waals surface area contributed by atoms with Gasteiger partial charge in [-0.15, -0.1) is 0 Å². The first-order chi connectivity index (χ1) is 12.6. The second-order valence-electron chi connectivity index (χ2n) is 6.39. The molecule has 1 aliphatic rings. The van der Waals surface area contributed by atoms with Gasteiger partial charge in [-0.1, -0.05) is 18.2 Å². The molecule has 6 nitrogen and oxygen atoms in total. The van der Waals surface area contributed by atoms with Gasteiger partial charge in [0.25, 0.3) is 0 Å². The van der Waals surface area contributed by atoms with E-state index in [0.717, 1.165) is 31.4 Å². The van der Waals surface area contributed by atoms with E-state index in [9.17, 15) is 9.59 Å². The predicted octanol–water partition coefficient (Wildman–Crippen LogP) is 3.90. The van der Waals surface area contributed by atoms with E-state index in [1.54, 1.807) is 24.3 Å². The maximum absolute atomic E-state index is 12.0. The van der Waals surface area contributed by atoms with Crippen molar-refractivity contribution in [1.82, 2.24) is 5.32 Å². The summed E-state index contributed by atoms with van der Waals surface area (Å²) in [4.78, 5) is 22.9. The van der Waals surface area contributed by atoms with Gasteiger partial charge in [0.05, 0.1) is 11.7 Å². The van der Waals surface area contributed by atoms with Crippen molar-refractivity contribution in [3.05, 3.63) is 60.2 Å². The van der Waals surface area contributed by atoms with Gasteiger partial charge in [0.2, 0.25) is 0 Å². The van der Waals surface area contributed by atoms with Crippen molar-refractivity contribution in [2.75, 3.05) is 5.32 Å². The van der Waals surface area contributed by atoms with Gasteiger partial charge in [0.15, 0.2) is 0 Å². The Morgan fingerprint density at radius 3 is 2.19 bits per heavy atom. The van der Waals surface area contributed by atoms with E-state index in [4.69, 9.17) is 9.84 Å². The van der Waals surface area contributed by atoms with E-state index in [2.05, 4.69) is 10.6 Å². The number of benzene rings is 2. The fourth-order valence-electron chi connectivity index (χ4n) is 3.07. The van der Waals surface area contributed by atoms with Crippen LogP contribution in [0.1, 0.15) is 36.0 Å². The van der Waals surface area contributed by atoms with E-state index in [1.165, 1.54) is 0 Å². The maximum Gasteiger partial charge on any atom is 0.335 e. The molecule has 136 valence electrons. The number of para-hydroxylation sites is 1. The second kappa shape index (κ2) is 8.38. The number of carbonyl (C=O) groups is 2. The minimum Gasteiger partial charge on any atom is -0.490 e. The van der Waals surface area contributed by atoms with E-state index in [1.807, 2.05) is 30.3 Å². The fraction of sp³-hybridized carbons (Fsp3) is 0.300. The number of hydrogen-bond donors (Lipinski definition) is 3. The van der Waals surface area contributed by atoms with Crippen molar-refractivity contribution < 1.29 is 19.4 Å². The molecule has 0 saturated heterocycles. The van der Waals surface area contributed by atoms with Gasteiger partial charge < -0.3 is 20.5 Å². The number of nitrogens with one attached hydrogen (secondary N) is 2. The van der Waals surface area contributed by atoms with Crippen LogP contribution in [0, 0.1) is 0 Å². The molecule has 0 radical (unpaired) electrons. The largest absolute Gasteiger partial charge is 0.490 e. The molecular weight excluding hydrogens is 332 g/mol. The van der Waals surface area contributed by atoms with Crippen LogP contribution in [0.4, 0.5) is 10.5 Å². The summed E-state index contributed by atoms with van der Waals surface area (Å²) in [5.74, 6) is -0.273. The Hall–Kier alpha value is -3.02. The SMILES string of the molecule is O=C(Nc1ccccc1)NC1CCC(Oc2ccc(C(=O)O)cc2)CC1. The molecule has 1 fully saturated rings. The van der Waals surface area contributed by atoms with E-state index >= 15 is 0 Å². The van der Waals surface area contributed by atoms with Gasteiger partial charge in [-0.3, -0.25) is 0 Å². The van der Waals surface area contributed by atoms with E-state index < -0.39 is 5.97 Å². The first kappa shape index (κ1) is 17.8. The van der Waals surface area contributed by atoms with Crippen molar-refractivity contribution in [3.8, 4) is 5.75 Å². The zero-order chi connectivity index (χ0) is 18.4. The van der Waals surface area contributed by atoms with Crippen LogP contribution in [0.2, 0.25) is 0 Å². The molecule has 0 unspecified atom stereocenters. The Bertz CT molecular complexity index is 738. The first-order valence-electron chi connectivity index (χ1n) is 8.73. The third kappa shape index (κ3) is 4.99. The van der Waals surface area contributed by atoms with Crippen molar-refractivity contribution in [2.45, 2.75) is 37.8 Å². The number of carboxylic acids is 1. The van der Waals surface area contributed by atoms with Crippen molar-refractivity contribution in [3.63, 3.8) is 0 Å². The summed E-state index contributed by atoms with van der Waals surface area (Å²) in [6.07, 6.45) is 3.47. The summed E-state index contributed by atoms with van der Waals surface area (Å²) in [6, 6.07) is 15.7. The third-order valence-electron chi connectivity index (χ3n) is 4.45. The summed E-state index contributed by atoms with van der Waals surface area (Å²) >= 11 is 0. The molecule has 2 aromatic carbocycles. The average molecular weight is 354 g/mol. The number of urea groups is 1. The molecule has 0 bridgehead atoms. The molecule has 6 heteroatoms. The minimum atomic E-state index is -0.947. The number of anilines is 1. The van der Waals surface area contributed by atoms with Gasteiger partial charge in [-0.25, -0.2) is 9.59 Å². The average Bonchev–Trinajstić information content (AvgIpc) is 2.64. The highest BCUT2D eigenvalue weighted by Crippen LogP contribution is 2.24. The highest BCUT2D eigenvalue weighted by atomic mass is 16.5. The second-order valence-corrected chi connectivity index (χ2v) is 6.39. The standard InChI is InChI=1S/C20H22N2O4/c23-19(24)14-6-10-17(11-7-14)26-18-12-8-16(9-13-18)22-20(25)21-15-4-2-1-3-5-15/h1-7,10-11,16,18H,8-9,12-13H2,(H,23,24)(H2,21,22,25). The van der Waals surface area contributed by atoms with Crippen LogP contribution < -0.4 is 15.4 Å². The Morgan fingerprint density at radius 2 is 1.58 bits per heavy atom. The molecule has 3 N–H and O–H groups in total. The molecule has 1 aliphatic carbocycles. The predicted molar refractivity (Wildman–Crippen MR) is 98.7 cm³/mol. The summed E-state index contributed by atoms with van der Waals surface area (Å²) < 4.78 is 5.92. The fourth-order valence-corrected chi connectivity index (χ4v) is 3.07. The molecule has 1 saturated carbocycles. The number of carboxylic acid groups (broad SMARTS) is 1. The molecule has 2 amide bonds. The maximum atomic E-state index is 12.0. The lowest BCUT2D eigenvalue weighted by Crippen LogP contribution is -2.41. The molecule has 3 rings (SSSR count). The molecular formula is C20H22N2O4. The normalized spacial score (nSPS) is 19.4. The summed E-state index contributed by atoms with van der Waals surface area (Å²) in [5.41, 5.74) is 1.02. The van der Waals surface area contributed by atoms with Crippen LogP contribution in [0.5, 0.6) is 5.75 Å².